The highest BCUT2D eigenvalue weighted by Crippen LogP contribution is 2.37. The van der Waals surface area contributed by atoms with E-state index in [0.29, 0.717) is 5.56 Å². The third-order valence-electron chi connectivity index (χ3n) is 4.14. The molecule has 0 spiro atoms. The first-order valence-electron chi connectivity index (χ1n) is 9.47. The molecular formula is C21H27F3N2O4S. The molecule has 0 aliphatic carbocycles. The molecule has 0 amide bonds. The van der Waals surface area contributed by atoms with E-state index in [-0.39, 0.29) is 22.2 Å². The van der Waals surface area contributed by atoms with E-state index in [1.54, 1.807) is 27.7 Å². The van der Waals surface area contributed by atoms with E-state index in [4.69, 9.17) is 9.47 Å². The monoisotopic (exact) mass is 460 g/mol. The van der Waals surface area contributed by atoms with Crippen LogP contribution in [0.5, 0.6) is 5.75 Å². The van der Waals surface area contributed by atoms with Crippen molar-refractivity contribution in [2.24, 2.45) is 4.40 Å². The number of aryl methyl sites for hydroxylation is 1. The van der Waals surface area contributed by atoms with Crippen LogP contribution in [0.1, 0.15) is 52.7 Å². The summed E-state index contributed by atoms with van der Waals surface area (Å²) in [6.07, 6.45) is -4.31. The molecule has 0 aliphatic rings. The molecule has 0 aliphatic heterocycles. The average Bonchev–Trinajstić information content (AvgIpc) is 3.02. The van der Waals surface area contributed by atoms with Crippen molar-refractivity contribution in [1.82, 2.24) is 4.57 Å². The van der Waals surface area contributed by atoms with Gasteiger partial charge in [-0.2, -0.15) is 17.6 Å². The lowest BCUT2D eigenvalue weighted by molar-refractivity contribution is -0.0578. The van der Waals surface area contributed by atoms with Gasteiger partial charge in [0.15, 0.2) is 5.71 Å². The molecule has 1 atom stereocenters. The summed E-state index contributed by atoms with van der Waals surface area (Å²) in [6, 6.07) is 2.76. The summed E-state index contributed by atoms with van der Waals surface area (Å²) < 4.78 is 69.0. The van der Waals surface area contributed by atoms with Crippen LogP contribution in [-0.4, -0.2) is 44.2 Å². The molecule has 1 aromatic carbocycles. The van der Waals surface area contributed by atoms with Crippen LogP contribution < -0.4 is 4.74 Å². The van der Waals surface area contributed by atoms with Gasteiger partial charge in [-0.1, -0.05) is 0 Å². The molecule has 2 rings (SSSR count). The van der Waals surface area contributed by atoms with Gasteiger partial charge in [-0.3, -0.25) is 4.57 Å². The van der Waals surface area contributed by atoms with Crippen LogP contribution >= 0.6 is 0 Å². The van der Waals surface area contributed by atoms with Crippen LogP contribution in [0.25, 0.3) is 10.9 Å². The lowest BCUT2D eigenvalue weighted by Crippen LogP contribution is -2.29. The maximum Gasteiger partial charge on any atom is 0.434 e. The molecule has 0 radical (unpaired) electrons. The van der Waals surface area contributed by atoms with E-state index >= 15 is 0 Å². The second-order valence-corrected chi connectivity index (χ2v) is 10.9. The fourth-order valence-electron chi connectivity index (χ4n) is 2.83. The van der Waals surface area contributed by atoms with Crippen LogP contribution in [0.2, 0.25) is 0 Å². The number of rotatable bonds is 3. The molecular weight excluding hydrogens is 433 g/mol. The maximum absolute atomic E-state index is 14.1. The number of methoxy groups -OCH3 is 1. The number of halogens is 3. The van der Waals surface area contributed by atoms with Gasteiger partial charge in [0.05, 0.1) is 22.9 Å². The summed E-state index contributed by atoms with van der Waals surface area (Å²) in [5.74, 6) is -0.0890. The van der Waals surface area contributed by atoms with Crippen molar-refractivity contribution in [2.45, 2.75) is 65.0 Å². The zero-order valence-corrected chi connectivity index (χ0v) is 19.6. The van der Waals surface area contributed by atoms with Crippen LogP contribution in [-0.2, 0) is 15.7 Å². The van der Waals surface area contributed by atoms with Gasteiger partial charge in [0.25, 0.3) is 0 Å². The van der Waals surface area contributed by atoms with Crippen molar-refractivity contribution < 1.29 is 31.6 Å². The Hall–Kier alpha value is -2.36. The third kappa shape index (κ3) is 5.47. The van der Waals surface area contributed by atoms with Crippen molar-refractivity contribution in [3.8, 4) is 5.75 Å². The van der Waals surface area contributed by atoms with Gasteiger partial charge < -0.3 is 9.47 Å². The normalized spacial score (nSPS) is 14.6. The highest BCUT2D eigenvalue weighted by atomic mass is 32.2. The van der Waals surface area contributed by atoms with Gasteiger partial charge >= 0.3 is 12.3 Å². The zero-order chi connectivity index (χ0) is 23.9. The Morgan fingerprint density at radius 1 is 1.13 bits per heavy atom. The molecule has 0 N–H and O–H groups in total. The summed E-state index contributed by atoms with van der Waals surface area (Å²) in [5, 5.41) is 0.0877. The average molecular weight is 461 g/mol. The second-order valence-electron chi connectivity index (χ2n) is 9.00. The fraction of sp³-hybridized carbons (Fsp3) is 0.524. The number of alkyl halides is 3. The molecule has 0 fully saturated rings. The minimum Gasteiger partial charge on any atom is -0.496 e. The van der Waals surface area contributed by atoms with Gasteiger partial charge in [-0.15, -0.1) is 0 Å². The lowest BCUT2D eigenvalue weighted by Gasteiger charge is -2.21. The van der Waals surface area contributed by atoms with Crippen molar-refractivity contribution in [3.63, 3.8) is 0 Å². The number of carbonyl (C=O) groups is 1. The Kier molecular flexibility index (Phi) is 6.66. The van der Waals surface area contributed by atoms with Crippen molar-refractivity contribution in [3.05, 3.63) is 29.5 Å². The highest BCUT2D eigenvalue weighted by molar-refractivity contribution is 7.85. The number of fused-ring (bicyclic) bond motifs is 1. The fourth-order valence-corrected chi connectivity index (χ4v) is 3.47. The maximum atomic E-state index is 14.1. The van der Waals surface area contributed by atoms with Gasteiger partial charge in [0.1, 0.15) is 22.3 Å². The molecule has 1 aromatic heterocycles. The number of benzene rings is 1. The van der Waals surface area contributed by atoms with E-state index in [2.05, 4.69) is 4.40 Å². The minimum absolute atomic E-state index is 0.0877. The molecule has 6 nitrogen and oxygen atoms in total. The van der Waals surface area contributed by atoms with E-state index < -0.39 is 39.3 Å². The van der Waals surface area contributed by atoms with Crippen LogP contribution in [0.3, 0.4) is 0 Å². The van der Waals surface area contributed by atoms with Crippen LogP contribution in [0.15, 0.2) is 22.7 Å². The van der Waals surface area contributed by atoms with Gasteiger partial charge in [0, 0.05) is 11.6 Å². The van der Waals surface area contributed by atoms with E-state index in [9.17, 15) is 22.2 Å². The third-order valence-corrected chi connectivity index (χ3v) is 5.53. The van der Waals surface area contributed by atoms with E-state index in [1.807, 2.05) is 0 Å². The summed E-state index contributed by atoms with van der Waals surface area (Å²) in [6.45, 7) is 11.3. The van der Waals surface area contributed by atoms with E-state index in [0.717, 1.165) is 4.57 Å². The van der Waals surface area contributed by atoms with Gasteiger partial charge in [0.2, 0.25) is 0 Å². The molecule has 1 heterocycles. The number of nitrogens with zero attached hydrogens (tertiary/aromatic N) is 2. The SMILES string of the molecule is COc1cc(C)c2c(ccn2C(=O)OC(C)(C)C)c1C(=NS(=O)C(C)(C)C)C(F)(F)F. The quantitative estimate of drug-likeness (QED) is 0.563. The Balaban J connectivity index is 2.88. The molecule has 172 valence electrons. The lowest BCUT2D eigenvalue weighted by atomic mass is 10.0. The summed E-state index contributed by atoms with van der Waals surface area (Å²) >= 11 is 0. The summed E-state index contributed by atoms with van der Waals surface area (Å²) in [4.78, 5) is 12.6. The van der Waals surface area contributed by atoms with E-state index in [1.165, 1.54) is 46.2 Å². The zero-order valence-electron chi connectivity index (χ0n) is 18.8. The standard InChI is InChI=1S/C21H27F3N2O4S/c1-12-11-14(29-8)15(17(21(22,23)24)25-31(28)20(5,6)7)13-9-10-26(16(12)13)18(27)30-19(2,3)4/h9-11H,1-8H3. The molecule has 31 heavy (non-hydrogen) atoms. The number of ether oxygens (including phenoxy) is 2. The number of hydrogen-bond acceptors (Lipinski definition) is 4. The summed E-state index contributed by atoms with van der Waals surface area (Å²) in [5.41, 5.74) is -1.77. The Morgan fingerprint density at radius 3 is 2.16 bits per heavy atom. The van der Waals surface area contributed by atoms with Crippen LogP contribution in [0.4, 0.5) is 18.0 Å². The molecule has 1 unspecified atom stereocenters. The Morgan fingerprint density at radius 2 is 1.71 bits per heavy atom. The van der Waals surface area contributed by atoms with Crippen LogP contribution in [0, 0.1) is 6.92 Å². The summed E-state index contributed by atoms with van der Waals surface area (Å²) in [7, 11) is -0.935. The number of hydrogen-bond donors (Lipinski definition) is 0. The van der Waals surface area contributed by atoms with Gasteiger partial charge in [-0.05, 0) is 66.2 Å². The smallest absolute Gasteiger partial charge is 0.434 e. The topological polar surface area (TPSA) is 69.9 Å². The first-order chi connectivity index (χ1) is 14.0. The Labute approximate surface area is 182 Å². The second kappa shape index (κ2) is 8.29. The minimum atomic E-state index is -4.91. The predicted molar refractivity (Wildman–Crippen MR) is 115 cm³/mol. The van der Waals surface area contributed by atoms with Crippen molar-refractivity contribution >= 4 is 33.7 Å². The molecule has 0 saturated heterocycles. The predicted octanol–water partition coefficient (Wildman–Crippen LogP) is 5.56. The number of carbonyl (C=O) groups excluding carboxylic acids is 1. The molecule has 2 aromatic rings. The first kappa shape index (κ1) is 24.9. The molecule has 0 bridgehead atoms. The highest BCUT2D eigenvalue weighted by Gasteiger charge is 2.41. The molecule has 10 heteroatoms. The number of aromatic nitrogens is 1. The first-order valence-corrected chi connectivity index (χ1v) is 10.6. The van der Waals surface area contributed by atoms with Crippen molar-refractivity contribution in [1.29, 1.82) is 0 Å². The van der Waals surface area contributed by atoms with Crippen molar-refractivity contribution in [2.75, 3.05) is 7.11 Å². The Bertz CT molecular complexity index is 1060. The largest absolute Gasteiger partial charge is 0.496 e. The van der Waals surface area contributed by atoms with Gasteiger partial charge in [-0.25, -0.2) is 9.00 Å². The molecule has 0 saturated carbocycles.